The van der Waals surface area contributed by atoms with Crippen LogP contribution in [0.5, 0.6) is 0 Å². The smallest absolute Gasteiger partial charge is 0.0963 e. The van der Waals surface area contributed by atoms with Crippen molar-refractivity contribution in [3.8, 4) is 0 Å². The van der Waals surface area contributed by atoms with Crippen molar-refractivity contribution in [1.29, 1.82) is 0 Å². The van der Waals surface area contributed by atoms with Crippen LogP contribution in [0, 0.1) is 0 Å². The van der Waals surface area contributed by atoms with Gasteiger partial charge in [0.15, 0.2) is 0 Å². The SMILES string of the molecule is C=C/C=C(\C=C(\CCCCC)OCCC)C1CCCO1. The number of allylic oxidation sites excluding steroid dienone is 3. The second kappa shape index (κ2) is 10.7. The predicted molar refractivity (Wildman–Crippen MR) is 85.7 cm³/mol. The Morgan fingerprint density at radius 1 is 1.30 bits per heavy atom. The maximum absolute atomic E-state index is 5.90. The third-order valence-corrected chi connectivity index (χ3v) is 3.46. The summed E-state index contributed by atoms with van der Waals surface area (Å²) in [4.78, 5) is 0. The minimum atomic E-state index is 0.222. The Hall–Kier alpha value is -1.02. The van der Waals surface area contributed by atoms with Gasteiger partial charge in [0, 0.05) is 13.0 Å². The van der Waals surface area contributed by atoms with Crippen LogP contribution in [0.15, 0.2) is 36.1 Å². The molecule has 1 saturated heterocycles. The normalized spacial score (nSPS) is 20.2. The number of ether oxygens (including phenoxy) is 2. The molecule has 1 rings (SSSR count). The second-order valence-electron chi connectivity index (χ2n) is 5.32. The first-order chi connectivity index (χ1) is 9.81. The molecule has 114 valence electrons. The highest BCUT2D eigenvalue weighted by molar-refractivity contribution is 5.29. The largest absolute Gasteiger partial charge is 0.498 e. The van der Waals surface area contributed by atoms with Crippen molar-refractivity contribution in [1.82, 2.24) is 0 Å². The Bertz CT molecular complexity index is 322. The molecule has 0 spiro atoms. The van der Waals surface area contributed by atoms with Crippen molar-refractivity contribution in [3.63, 3.8) is 0 Å². The predicted octanol–water partition coefficient (Wildman–Crippen LogP) is 5.17. The van der Waals surface area contributed by atoms with Crippen LogP contribution < -0.4 is 0 Å². The van der Waals surface area contributed by atoms with Gasteiger partial charge in [0.1, 0.15) is 0 Å². The highest BCUT2D eigenvalue weighted by Crippen LogP contribution is 2.23. The molecule has 0 aromatic carbocycles. The molecule has 0 saturated carbocycles. The van der Waals surface area contributed by atoms with Crippen LogP contribution in [0.3, 0.4) is 0 Å². The molecular formula is C18H30O2. The number of rotatable bonds is 10. The van der Waals surface area contributed by atoms with Gasteiger partial charge >= 0.3 is 0 Å². The summed E-state index contributed by atoms with van der Waals surface area (Å²) >= 11 is 0. The van der Waals surface area contributed by atoms with Crippen molar-refractivity contribution in [2.24, 2.45) is 0 Å². The third kappa shape index (κ3) is 6.42. The first-order valence-electron chi connectivity index (χ1n) is 8.09. The van der Waals surface area contributed by atoms with Gasteiger partial charge in [-0.3, -0.25) is 0 Å². The summed E-state index contributed by atoms with van der Waals surface area (Å²) in [6, 6.07) is 0. The summed E-state index contributed by atoms with van der Waals surface area (Å²) in [6.45, 7) is 9.85. The molecule has 20 heavy (non-hydrogen) atoms. The fraction of sp³-hybridized carbons (Fsp3) is 0.667. The molecule has 1 aliphatic heterocycles. The van der Waals surface area contributed by atoms with E-state index < -0.39 is 0 Å². The van der Waals surface area contributed by atoms with Crippen molar-refractivity contribution in [2.75, 3.05) is 13.2 Å². The van der Waals surface area contributed by atoms with E-state index in [1.807, 2.05) is 6.08 Å². The van der Waals surface area contributed by atoms with E-state index in [1.165, 1.54) is 24.8 Å². The fourth-order valence-corrected chi connectivity index (χ4v) is 2.38. The van der Waals surface area contributed by atoms with Crippen molar-refractivity contribution in [3.05, 3.63) is 36.1 Å². The van der Waals surface area contributed by atoms with Crippen LogP contribution in [0.4, 0.5) is 0 Å². The monoisotopic (exact) mass is 278 g/mol. The molecule has 0 bridgehead atoms. The lowest BCUT2D eigenvalue weighted by atomic mass is 10.0. The van der Waals surface area contributed by atoms with E-state index in [2.05, 4.69) is 32.6 Å². The lowest BCUT2D eigenvalue weighted by molar-refractivity contribution is 0.138. The van der Waals surface area contributed by atoms with Crippen LogP contribution in [-0.2, 0) is 9.47 Å². The Kier molecular flexibility index (Phi) is 9.14. The zero-order valence-corrected chi connectivity index (χ0v) is 13.2. The van der Waals surface area contributed by atoms with Gasteiger partial charge in [0.2, 0.25) is 0 Å². The second-order valence-corrected chi connectivity index (χ2v) is 5.32. The molecule has 1 heterocycles. The van der Waals surface area contributed by atoms with E-state index in [-0.39, 0.29) is 6.10 Å². The summed E-state index contributed by atoms with van der Waals surface area (Å²) in [6.07, 6.45) is 14.3. The molecule has 1 unspecified atom stereocenters. The topological polar surface area (TPSA) is 18.5 Å². The number of hydrogen-bond acceptors (Lipinski definition) is 2. The van der Waals surface area contributed by atoms with E-state index >= 15 is 0 Å². The quantitative estimate of drug-likeness (QED) is 0.312. The van der Waals surface area contributed by atoms with Crippen molar-refractivity contribution in [2.45, 2.75) is 64.9 Å². The van der Waals surface area contributed by atoms with Crippen LogP contribution in [-0.4, -0.2) is 19.3 Å². The van der Waals surface area contributed by atoms with Gasteiger partial charge < -0.3 is 9.47 Å². The molecule has 0 aromatic rings. The Morgan fingerprint density at radius 3 is 2.75 bits per heavy atom. The molecule has 1 fully saturated rings. The van der Waals surface area contributed by atoms with Gasteiger partial charge in [-0.25, -0.2) is 0 Å². The van der Waals surface area contributed by atoms with E-state index in [0.29, 0.717) is 0 Å². The molecule has 0 radical (unpaired) electrons. The summed E-state index contributed by atoms with van der Waals surface area (Å²) in [7, 11) is 0. The highest BCUT2D eigenvalue weighted by Gasteiger charge is 2.19. The van der Waals surface area contributed by atoms with E-state index in [0.717, 1.165) is 44.7 Å². The van der Waals surface area contributed by atoms with Crippen LogP contribution in [0.1, 0.15) is 58.8 Å². The maximum atomic E-state index is 5.90. The zero-order chi connectivity index (χ0) is 14.6. The van der Waals surface area contributed by atoms with Gasteiger partial charge in [0.05, 0.1) is 18.5 Å². The van der Waals surface area contributed by atoms with E-state index in [1.54, 1.807) is 0 Å². The van der Waals surface area contributed by atoms with Crippen LogP contribution in [0.25, 0.3) is 0 Å². The molecule has 2 heteroatoms. The first-order valence-corrected chi connectivity index (χ1v) is 8.09. The maximum Gasteiger partial charge on any atom is 0.0963 e. The van der Waals surface area contributed by atoms with Gasteiger partial charge in [-0.05, 0) is 37.3 Å². The van der Waals surface area contributed by atoms with Gasteiger partial charge in [-0.2, -0.15) is 0 Å². The van der Waals surface area contributed by atoms with Crippen molar-refractivity contribution >= 4 is 0 Å². The fourth-order valence-electron chi connectivity index (χ4n) is 2.38. The summed E-state index contributed by atoms with van der Waals surface area (Å²) in [5, 5.41) is 0. The Morgan fingerprint density at radius 2 is 2.15 bits per heavy atom. The summed E-state index contributed by atoms with van der Waals surface area (Å²) in [5.41, 5.74) is 1.21. The van der Waals surface area contributed by atoms with E-state index in [9.17, 15) is 0 Å². The average Bonchev–Trinajstić information content (AvgIpc) is 2.98. The summed E-state index contributed by atoms with van der Waals surface area (Å²) < 4.78 is 11.7. The van der Waals surface area contributed by atoms with Crippen LogP contribution in [0.2, 0.25) is 0 Å². The van der Waals surface area contributed by atoms with Crippen LogP contribution >= 0.6 is 0 Å². The number of unbranched alkanes of at least 4 members (excludes halogenated alkanes) is 2. The number of hydrogen-bond donors (Lipinski definition) is 0. The molecule has 1 atom stereocenters. The molecule has 0 N–H and O–H groups in total. The average molecular weight is 278 g/mol. The minimum absolute atomic E-state index is 0.222. The molecule has 0 amide bonds. The Labute approximate surface area is 124 Å². The minimum Gasteiger partial charge on any atom is -0.498 e. The van der Waals surface area contributed by atoms with Crippen molar-refractivity contribution < 1.29 is 9.47 Å². The lowest BCUT2D eigenvalue weighted by Crippen LogP contribution is -2.08. The third-order valence-electron chi connectivity index (χ3n) is 3.46. The Balaban J connectivity index is 2.70. The van der Waals surface area contributed by atoms with Gasteiger partial charge in [-0.1, -0.05) is 45.4 Å². The van der Waals surface area contributed by atoms with Gasteiger partial charge in [0.25, 0.3) is 0 Å². The zero-order valence-electron chi connectivity index (χ0n) is 13.2. The first kappa shape index (κ1) is 17.0. The lowest BCUT2D eigenvalue weighted by Gasteiger charge is -2.14. The molecule has 0 aliphatic carbocycles. The van der Waals surface area contributed by atoms with E-state index in [4.69, 9.17) is 9.47 Å². The molecule has 1 aliphatic rings. The molecule has 0 aromatic heterocycles. The highest BCUT2D eigenvalue weighted by atomic mass is 16.5. The molecule has 2 nitrogen and oxygen atoms in total. The molecular weight excluding hydrogens is 248 g/mol. The standard InChI is InChI=1S/C18H30O2/c1-4-7-8-11-17(19-13-6-3)15-16(10-5-2)18-12-9-14-20-18/h5,10,15,18H,2,4,6-9,11-14H2,1,3H3/b16-10+,17-15-. The van der Waals surface area contributed by atoms with Gasteiger partial charge in [-0.15, -0.1) is 0 Å². The summed E-state index contributed by atoms with van der Waals surface area (Å²) in [5.74, 6) is 1.10.